The third-order valence-electron chi connectivity index (χ3n) is 22.1. The minimum absolute atomic E-state index is 0.339. The first-order chi connectivity index (χ1) is 32.0. The minimum Gasteiger partial charge on any atom is -0.379 e. The predicted octanol–water partition coefficient (Wildman–Crippen LogP) is 15.6. The molecule has 6 nitrogen and oxygen atoms in total. The Bertz CT molecular complexity index is 1090. The molecule has 0 aromatic heterocycles. The normalized spacial score (nSPS) is 41.3. The number of rotatable bonds is 21. The van der Waals surface area contributed by atoms with Gasteiger partial charge in [-0.15, -0.1) is 0 Å². The first-order valence-corrected chi connectivity index (χ1v) is 29.7. The van der Waals surface area contributed by atoms with Crippen LogP contribution in [0, 0.1) is 69.5 Å². The van der Waals surface area contributed by atoms with Crippen LogP contribution in [-0.4, -0.2) is 76.3 Å². The molecule has 0 amide bonds. The van der Waals surface area contributed by atoms with Crippen molar-refractivity contribution in [1.29, 1.82) is 0 Å². The minimum atomic E-state index is 0.339. The van der Waals surface area contributed by atoms with Gasteiger partial charge in [0, 0.05) is 39.6 Å². The fraction of sp³-hybridized carbons (Fsp3) is 1.00. The van der Waals surface area contributed by atoms with Gasteiger partial charge in [-0.25, -0.2) is 0 Å². The second kappa shape index (κ2) is 25.4. The van der Waals surface area contributed by atoms with E-state index < -0.39 is 0 Å². The lowest BCUT2D eigenvalue weighted by Gasteiger charge is -2.63. The molecule has 0 aromatic carbocycles. The van der Waals surface area contributed by atoms with Crippen LogP contribution in [0.5, 0.6) is 0 Å². The van der Waals surface area contributed by atoms with E-state index in [-0.39, 0.29) is 0 Å². The molecule has 0 aromatic rings. The summed E-state index contributed by atoms with van der Waals surface area (Å²) in [6.07, 6.45) is 38.6. The topological polar surface area (TPSA) is 55.4 Å². The molecule has 0 radical (unpaired) electrons. The molecule has 0 atom stereocenters. The van der Waals surface area contributed by atoms with Crippen LogP contribution in [0.2, 0.25) is 0 Å². The zero-order valence-electron chi connectivity index (χ0n) is 44.9. The van der Waals surface area contributed by atoms with Crippen LogP contribution in [-0.2, 0) is 28.4 Å². The lowest BCUT2D eigenvalue weighted by atomic mass is 9.42. The molecule has 6 heteroatoms. The van der Waals surface area contributed by atoms with Crippen LogP contribution in [0.25, 0.3) is 0 Å². The van der Waals surface area contributed by atoms with Gasteiger partial charge < -0.3 is 28.4 Å². The summed E-state index contributed by atoms with van der Waals surface area (Å²) in [7, 11) is 0. The lowest BCUT2D eigenvalue weighted by Crippen LogP contribution is -2.55. The van der Waals surface area contributed by atoms with Gasteiger partial charge in [0.15, 0.2) is 0 Å². The highest BCUT2D eigenvalue weighted by atomic mass is 16.5. The highest BCUT2D eigenvalue weighted by Crippen LogP contribution is 2.67. The molecule has 7 aliphatic carbocycles. The molecule has 0 bridgehead atoms. The third kappa shape index (κ3) is 12.2. The molecule has 7 rings (SSSR count). The Morgan fingerprint density at radius 2 is 0.364 bits per heavy atom. The fourth-order valence-corrected chi connectivity index (χ4v) is 18.4. The summed E-state index contributed by atoms with van der Waals surface area (Å²) in [5.41, 5.74) is 1.02. The SMILES string of the molecule is CCOC1CCC(C(C)(C2CCC(OCC)CC2)C2CC(C(C)(C3CCC(OCC)CC3)C3CCC(OCC)CC3)CC(C(C)(C3CCC(OCC)CC3)C3CCC(OCC)CC3)C2)CC1. The molecule has 7 saturated carbocycles. The fourth-order valence-electron chi connectivity index (χ4n) is 18.4. The zero-order valence-corrected chi connectivity index (χ0v) is 44.9. The second-order valence-corrected chi connectivity index (χ2v) is 24.5. The predicted molar refractivity (Wildman–Crippen MR) is 273 cm³/mol. The highest BCUT2D eigenvalue weighted by Gasteiger charge is 2.59. The van der Waals surface area contributed by atoms with E-state index >= 15 is 0 Å². The zero-order chi connectivity index (χ0) is 46.7. The molecule has 0 unspecified atom stereocenters. The molecule has 0 heterocycles. The van der Waals surface area contributed by atoms with Crippen molar-refractivity contribution in [2.24, 2.45) is 69.5 Å². The summed E-state index contributed by atoms with van der Waals surface area (Å²) in [4.78, 5) is 0. The van der Waals surface area contributed by atoms with Gasteiger partial charge in [-0.1, -0.05) is 20.8 Å². The van der Waals surface area contributed by atoms with Crippen LogP contribution in [0.1, 0.15) is 236 Å². The van der Waals surface area contributed by atoms with Crippen molar-refractivity contribution in [2.45, 2.75) is 272 Å². The Hall–Kier alpha value is -0.240. The summed E-state index contributed by atoms with van der Waals surface area (Å²) in [5.74, 6) is 7.02. The lowest BCUT2D eigenvalue weighted by molar-refractivity contribution is -0.148. The first-order valence-electron chi connectivity index (χ1n) is 29.7. The number of hydrogen-bond acceptors (Lipinski definition) is 6. The molecule has 66 heavy (non-hydrogen) atoms. The van der Waals surface area contributed by atoms with E-state index in [4.69, 9.17) is 28.4 Å². The van der Waals surface area contributed by atoms with E-state index in [0.717, 1.165) is 92.9 Å². The van der Waals surface area contributed by atoms with E-state index in [0.29, 0.717) is 52.9 Å². The molecule has 0 N–H and O–H groups in total. The highest BCUT2D eigenvalue weighted by molar-refractivity contribution is 5.09. The molecule has 7 aliphatic rings. The van der Waals surface area contributed by atoms with Crippen molar-refractivity contribution in [3.8, 4) is 0 Å². The Labute approximate surface area is 408 Å². The summed E-state index contributed by atoms with van der Waals surface area (Å²) in [6.45, 7) is 27.2. The monoisotopic (exact) mass is 925 g/mol. The van der Waals surface area contributed by atoms with E-state index in [1.807, 2.05) is 0 Å². The summed E-state index contributed by atoms with van der Waals surface area (Å²) in [5, 5.41) is 0. The molecule has 384 valence electrons. The Morgan fingerprint density at radius 1 is 0.227 bits per heavy atom. The Morgan fingerprint density at radius 3 is 0.485 bits per heavy atom. The Kier molecular flexibility index (Phi) is 20.6. The van der Waals surface area contributed by atoms with Crippen LogP contribution >= 0.6 is 0 Å². The molecular formula is C60H108O6. The molecule has 7 fully saturated rings. The maximum atomic E-state index is 6.41. The van der Waals surface area contributed by atoms with Gasteiger partial charge in [0.2, 0.25) is 0 Å². The van der Waals surface area contributed by atoms with E-state index in [9.17, 15) is 0 Å². The van der Waals surface area contributed by atoms with Gasteiger partial charge in [-0.3, -0.25) is 0 Å². The van der Waals surface area contributed by atoms with E-state index in [2.05, 4.69) is 62.3 Å². The average molecular weight is 926 g/mol. The van der Waals surface area contributed by atoms with Crippen LogP contribution < -0.4 is 0 Å². The van der Waals surface area contributed by atoms with Crippen molar-refractivity contribution in [2.75, 3.05) is 39.6 Å². The van der Waals surface area contributed by atoms with Gasteiger partial charge in [0.1, 0.15) is 0 Å². The number of ether oxygens (including phenoxy) is 6. The van der Waals surface area contributed by atoms with Crippen LogP contribution in [0.4, 0.5) is 0 Å². The average Bonchev–Trinajstić information content (AvgIpc) is 3.35. The van der Waals surface area contributed by atoms with E-state index in [1.54, 1.807) is 0 Å². The van der Waals surface area contributed by atoms with Gasteiger partial charge in [0.25, 0.3) is 0 Å². The van der Waals surface area contributed by atoms with Gasteiger partial charge >= 0.3 is 0 Å². The summed E-state index contributed by atoms with van der Waals surface area (Å²) < 4.78 is 38.4. The van der Waals surface area contributed by atoms with Gasteiger partial charge in [-0.2, -0.15) is 0 Å². The molecule has 0 saturated heterocycles. The van der Waals surface area contributed by atoms with Crippen molar-refractivity contribution in [3.63, 3.8) is 0 Å². The summed E-state index contributed by atoms with van der Waals surface area (Å²) in [6, 6.07) is 0. The smallest absolute Gasteiger partial charge is 0.0575 e. The van der Waals surface area contributed by atoms with Gasteiger partial charge in [0.05, 0.1) is 36.6 Å². The van der Waals surface area contributed by atoms with Crippen molar-refractivity contribution in [1.82, 2.24) is 0 Å². The van der Waals surface area contributed by atoms with E-state index in [1.165, 1.54) is 173 Å². The summed E-state index contributed by atoms with van der Waals surface area (Å²) >= 11 is 0. The quantitative estimate of drug-likeness (QED) is 0.114. The van der Waals surface area contributed by atoms with Crippen LogP contribution in [0.15, 0.2) is 0 Å². The van der Waals surface area contributed by atoms with Crippen molar-refractivity contribution < 1.29 is 28.4 Å². The largest absolute Gasteiger partial charge is 0.379 e. The van der Waals surface area contributed by atoms with Crippen molar-refractivity contribution in [3.05, 3.63) is 0 Å². The van der Waals surface area contributed by atoms with Crippen molar-refractivity contribution >= 4 is 0 Å². The van der Waals surface area contributed by atoms with Crippen LogP contribution in [0.3, 0.4) is 0 Å². The Balaban J connectivity index is 1.31. The van der Waals surface area contributed by atoms with Gasteiger partial charge in [-0.05, 0) is 284 Å². The molecular weight excluding hydrogens is 817 g/mol. The second-order valence-electron chi connectivity index (χ2n) is 24.5. The first kappa shape index (κ1) is 53.6. The standard InChI is InChI=1S/C60H108O6/c1-10-61-52-28-16-43(17-29-52)58(7,44-18-30-53(31-19-44)62-11-2)49-40-50(59(8,45-20-32-54(33-21-45)63-12-3)46-22-34-55(35-23-46)64-13-4)42-51(41-49)60(9,47-24-36-56(37-25-47)65-14-5)48-26-38-57(39-27-48)66-15-6/h43-57H,10-42H2,1-9H3. The maximum Gasteiger partial charge on any atom is 0.0575 e. The maximum absolute atomic E-state index is 6.41. The third-order valence-corrected chi connectivity index (χ3v) is 22.1. The molecule has 0 spiro atoms. The molecule has 0 aliphatic heterocycles. The number of hydrogen-bond donors (Lipinski definition) is 0.